The van der Waals surface area contributed by atoms with Crippen molar-refractivity contribution in [1.29, 1.82) is 0 Å². The zero-order valence-electron chi connectivity index (χ0n) is 16.4. The Morgan fingerprint density at radius 2 is 1.71 bits per heavy atom. The molecule has 1 aliphatic carbocycles. The molecule has 0 atom stereocenters. The maximum absolute atomic E-state index is 13.5. The van der Waals surface area contributed by atoms with Crippen LogP contribution >= 0.6 is 0 Å². The SMILES string of the molecule is CCOc1cc2ccccc2cc1C(=O)N(Cc1ccc(OC)cc1)C1CC1. The fourth-order valence-electron chi connectivity index (χ4n) is 3.50. The molecule has 1 amide bonds. The summed E-state index contributed by atoms with van der Waals surface area (Å²) in [5.41, 5.74) is 1.74. The monoisotopic (exact) mass is 375 g/mol. The van der Waals surface area contributed by atoms with Crippen LogP contribution in [0, 0.1) is 0 Å². The molecule has 28 heavy (non-hydrogen) atoms. The molecule has 0 aromatic heterocycles. The van der Waals surface area contributed by atoms with E-state index in [1.54, 1.807) is 7.11 Å². The van der Waals surface area contributed by atoms with E-state index in [2.05, 4.69) is 0 Å². The van der Waals surface area contributed by atoms with Gasteiger partial charge in [-0.2, -0.15) is 0 Å². The molecule has 1 fully saturated rings. The molecule has 0 heterocycles. The Hall–Kier alpha value is -3.01. The van der Waals surface area contributed by atoms with Crippen molar-refractivity contribution in [3.63, 3.8) is 0 Å². The standard InChI is InChI=1S/C24H25NO3/c1-3-28-23-15-19-7-5-4-6-18(19)14-22(23)24(26)25(20-10-11-20)16-17-8-12-21(27-2)13-9-17/h4-9,12-15,20H,3,10-11,16H2,1-2H3. The van der Waals surface area contributed by atoms with Crippen molar-refractivity contribution in [2.24, 2.45) is 0 Å². The number of nitrogens with zero attached hydrogens (tertiary/aromatic N) is 1. The number of carbonyl (C=O) groups excluding carboxylic acids is 1. The van der Waals surface area contributed by atoms with Gasteiger partial charge in [-0.3, -0.25) is 4.79 Å². The number of rotatable bonds is 7. The van der Waals surface area contributed by atoms with Gasteiger partial charge < -0.3 is 14.4 Å². The fourth-order valence-corrected chi connectivity index (χ4v) is 3.50. The molecule has 3 aromatic rings. The van der Waals surface area contributed by atoms with Crippen LogP contribution in [0.25, 0.3) is 10.8 Å². The Kier molecular flexibility index (Phi) is 5.20. The van der Waals surface area contributed by atoms with Gasteiger partial charge in [-0.1, -0.05) is 36.4 Å². The number of benzene rings is 3. The van der Waals surface area contributed by atoms with Gasteiger partial charge in [0.05, 0.1) is 19.3 Å². The molecule has 4 heteroatoms. The van der Waals surface area contributed by atoms with Crippen LogP contribution in [-0.2, 0) is 6.54 Å². The Morgan fingerprint density at radius 1 is 1.04 bits per heavy atom. The summed E-state index contributed by atoms with van der Waals surface area (Å²) in [5.74, 6) is 1.51. The van der Waals surface area contributed by atoms with E-state index in [0.717, 1.165) is 34.9 Å². The van der Waals surface area contributed by atoms with Gasteiger partial charge in [0.25, 0.3) is 5.91 Å². The molecule has 144 valence electrons. The fraction of sp³-hybridized carbons (Fsp3) is 0.292. The van der Waals surface area contributed by atoms with Gasteiger partial charge in [-0.05, 0) is 60.4 Å². The third-order valence-corrected chi connectivity index (χ3v) is 5.14. The zero-order chi connectivity index (χ0) is 19.5. The van der Waals surface area contributed by atoms with Gasteiger partial charge in [-0.15, -0.1) is 0 Å². The van der Waals surface area contributed by atoms with Gasteiger partial charge in [0.2, 0.25) is 0 Å². The second kappa shape index (κ2) is 7.93. The van der Waals surface area contributed by atoms with E-state index < -0.39 is 0 Å². The number of hydrogen-bond acceptors (Lipinski definition) is 3. The highest BCUT2D eigenvalue weighted by Crippen LogP contribution is 2.33. The van der Waals surface area contributed by atoms with E-state index in [0.29, 0.717) is 30.5 Å². The number of hydrogen-bond donors (Lipinski definition) is 0. The minimum atomic E-state index is 0.0347. The van der Waals surface area contributed by atoms with Gasteiger partial charge in [-0.25, -0.2) is 0 Å². The molecule has 4 rings (SSSR count). The molecular weight excluding hydrogens is 350 g/mol. The van der Waals surface area contributed by atoms with E-state index in [9.17, 15) is 4.79 Å². The molecule has 1 saturated carbocycles. The lowest BCUT2D eigenvalue weighted by Gasteiger charge is -2.24. The Bertz CT molecular complexity index is 977. The lowest BCUT2D eigenvalue weighted by Crippen LogP contribution is -2.33. The minimum absolute atomic E-state index is 0.0347. The predicted octanol–water partition coefficient (Wildman–Crippen LogP) is 5.05. The first-order valence-electron chi connectivity index (χ1n) is 9.79. The molecule has 4 nitrogen and oxygen atoms in total. The van der Waals surface area contributed by atoms with Gasteiger partial charge in [0.1, 0.15) is 11.5 Å². The normalized spacial score (nSPS) is 13.4. The van der Waals surface area contributed by atoms with E-state index in [1.807, 2.05) is 72.5 Å². The average Bonchev–Trinajstić information content (AvgIpc) is 3.57. The van der Waals surface area contributed by atoms with Crippen molar-refractivity contribution < 1.29 is 14.3 Å². The second-order valence-corrected chi connectivity index (χ2v) is 7.14. The summed E-state index contributed by atoms with van der Waals surface area (Å²) in [7, 11) is 1.66. The van der Waals surface area contributed by atoms with Crippen LogP contribution in [0.15, 0.2) is 60.7 Å². The molecule has 0 N–H and O–H groups in total. The average molecular weight is 375 g/mol. The number of methoxy groups -OCH3 is 1. The maximum Gasteiger partial charge on any atom is 0.258 e. The van der Waals surface area contributed by atoms with Crippen molar-refractivity contribution >= 4 is 16.7 Å². The zero-order valence-corrected chi connectivity index (χ0v) is 16.4. The van der Waals surface area contributed by atoms with Crippen molar-refractivity contribution in [2.75, 3.05) is 13.7 Å². The molecular formula is C24H25NO3. The summed E-state index contributed by atoms with van der Waals surface area (Å²) in [5, 5.41) is 2.13. The molecule has 3 aromatic carbocycles. The third-order valence-electron chi connectivity index (χ3n) is 5.14. The van der Waals surface area contributed by atoms with Crippen molar-refractivity contribution in [1.82, 2.24) is 4.90 Å². The Morgan fingerprint density at radius 3 is 2.32 bits per heavy atom. The number of carbonyl (C=O) groups is 1. The van der Waals surface area contributed by atoms with Crippen molar-refractivity contribution in [3.05, 3.63) is 71.8 Å². The smallest absolute Gasteiger partial charge is 0.258 e. The van der Waals surface area contributed by atoms with Crippen LogP contribution in [0.4, 0.5) is 0 Å². The molecule has 0 aliphatic heterocycles. The summed E-state index contributed by atoms with van der Waals surface area (Å²) < 4.78 is 11.1. The highest BCUT2D eigenvalue weighted by Gasteiger charge is 2.34. The summed E-state index contributed by atoms with van der Waals surface area (Å²) in [6.07, 6.45) is 2.11. The van der Waals surface area contributed by atoms with Crippen LogP contribution in [0.5, 0.6) is 11.5 Å². The first-order valence-corrected chi connectivity index (χ1v) is 9.79. The van der Waals surface area contributed by atoms with Crippen LogP contribution in [-0.4, -0.2) is 30.6 Å². The highest BCUT2D eigenvalue weighted by molar-refractivity contribution is 6.02. The lowest BCUT2D eigenvalue weighted by atomic mass is 10.0. The van der Waals surface area contributed by atoms with Crippen molar-refractivity contribution in [2.45, 2.75) is 32.4 Å². The molecule has 0 saturated heterocycles. The summed E-state index contributed by atoms with van der Waals surface area (Å²) in [6, 6.07) is 20.2. The molecule has 0 radical (unpaired) electrons. The van der Waals surface area contributed by atoms with Crippen LogP contribution in [0.2, 0.25) is 0 Å². The van der Waals surface area contributed by atoms with Gasteiger partial charge in [0.15, 0.2) is 0 Å². The van der Waals surface area contributed by atoms with E-state index in [4.69, 9.17) is 9.47 Å². The van der Waals surface area contributed by atoms with Crippen LogP contribution in [0.3, 0.4) is 0 Å². The summed E-state index contributed by atoms with van der Waals surface area (Å²) >= 11 is 0. The van der Waals surface area contributed by atoms with Crippen LogP contribution in [0.1, 0.15) is 35.7 Å². The number of fused-ring (bicyclic) bond motifs is 1. The van der Waals surface area contributed by atoms with Crippen molar-refractivity contribution in [3.8, 4) is 11.5 Å². The molecule has 1 aliphatic rings. The minimum Gasteiger partial charge on any atom is -0.497 e. The van der Waals surface area contributed by atoms with E-state index in [-0.39, 0.29) is 5.91 Å². The summed E-state index contributed by atoms with van der Waals surface area (Å²) in [4.78, 5) is 15.5. The summed E-state index contributed by atoms with van der Waals surface area (Å²) in [6.45, 7) is 3.06. The first kappa shape index (κ1) is 18.4. The predicted molar refractivity (Wildman–Crippen MR) is 111 cm³/mol. The number of amides is 1. The van der Waals surface area contributed by atoms with Gasteiger partial charge in [0, 0.05) is 12.6 Å². The first-order chi connectivity index (χ1) is 13.7. The van der Waals surface area contributed by atoms with Crippen LogP contribution < -0.4 is 9.47 Å². The van der Waals surface area contributed by atoms with Gasteiger partial charge >= 0.3 is 0 Å². The van der Waals surface area contributed by atoms with E-state index >= 15 is 0 Å². The topological polar surface area (TPSA) is 38.8 Å². The highest BCUT2D eigenvalue weighted by atomic mass is 16.5. The van der Waals surface area contributed by atoms with E-state index in [1.165, 1.54) is 0 Å². The second-order valence-electron chi connectivity index (χ2n) is 7.14. The quantitative estimate of drug-likeness (QED) is 0.580. The third kappa shape index (κ3) is 3.81. The molecule has 0 spiro atoms. The Balaban J connectivity index is 1.67. The largest absolute Gasteiger partial charge is 0.497 e. The molecule has 0 unspecified atom stereocenters. The number of ether oxygens (including phenoxy) is 2. The molecule has 0 bridgehead atoms. The Labute approximate surface area is 165 Å². The lowest BCUT2D eigenvalue weighted by molar-refractivity contribution is 0.0726. The maximum atomic E-state index is 13.5.